The van der Waals surface area contributed by atoms with Gasteiger partial charge in [-0.2, -0.15) is 0 Å². The van der Waals surface area contributed by atoms with E-state index in [0.717, 1.165) is 31.5 Å². The van der Waals surface area contributed by atoms with Gasteiger partial charge in [-0.3, -0.25) is 9.78 Å². The van der Waals surface area contributed by atoms with Gasteiger partial charge in [-0.05, 0) is 25.3 Å². The van der Waals surface area contributed by atoms with Crippen molar-refractivity contribution in [2.24, 2.45) is 0 Å². The average molecular weight is 290 g/mol. The van der Waals surface area contributed by atoms with E-state index in [1.807, 2.05) is 4.90 Å². The first-order chi connectivity index (χ1) is 10.1. The van der Waals surface area contributed by atoms with Crippen LogP contribution in [0.2, 0.25) is 0 Å². The molecule has 2 heterocycles. The van der Waals surface area contributed by atoms with Crippen LogP contribution in [0.1, 0.15) is 19.3 Å². The number of anilines is 2. The molecule has 0 spiro atoms. The predicted octanol–water partition coefficient (Wildman–Crippen LogP) is 0.808. The Bertz CT molecular complexity index is 733. The molecule has 0 bridgehead atoms. The minimum Gasteiger partial charge on any atom is -0.408 e. The van der Waals surface area contributed by atoms with Gasteiger partial charge in [0.1, 0.15) is 6.04 Å². The highest BCUT2D eigenvalue weighted by Gasteiger charge is 2.29. The second-order valence-electron chi connectivity index (χ2n) is 5.24. The Kier molecular flexibility index (Phi) is 3.32. The van der Waals surface area contributed by atoms with E-state index in [4.69, 9.17) is 10.2 Å². The summed E-state index contributed by atoms with van der Waals surface area (Å²) in [4.78, 5) is 27.9. The summed E-state index contributed by atoms with van der Waals surface area (Å²) in [5, 5.41) is 2.70. The molecule has 1 aromatic heterocycles. The number of nitrogens with zero attached hydrogens (tertiary/aromatic N) is 1. The Hall–Kier alpha value is -2.44. The lowest BCUT2D eigenvalue weighted by Gasteiger charge is -2.36. The molecule has 7 nitrogen and oxygen atoms in total. The second kappa shape index (κ2) is 5.16. The molecule has 1 saturated heterocycles. The van der Waals surface area contributed by atoms with Gasteiger partial charge in [0.2, 0.25) is 5.91 Å². The number of nitrogen functional groups attached to an aromatic ring is 1. The monoisotopic (exact) mass is 290 g/mol. The Morgan fingerprint density at radius 1 is 1.48 bits per heavy atom. The molecule has 7 heteroatoms. The van der Waals surface area contributed by atoms with Gasteiger partial charge in [0.15, 0.2) is 5.58 Å². The van der Waals surface area contributed by atoms with Crippen LogP contribution in [0.5, 0.6) is 0 Å². The Morgan fingerprint density at radius 3 is 3.05 bits per heavy atom. The van der Waals surface area contributed by atoms with Crippen LogP contribution < -0.4 is 21.7 Å². The van der Waals surface area contributed by atoms with Crippen LogP contribution in [0.15, 0.2) is 21.3 Å². The molecule has 1 fully saturated rings. The molecule has 1 atom stereocenters. The van der Waals surface area contributed by atoms with E-state index in [9.17, 15) is 9.59 Å². The fourth-order valence-corrected chi connectivity index (χ4v) is 2.91. The maximum Gasteiger partial charge on any atom is 0.417 e. The van der Waals surface area contributed by atoms with Crippen molar-refractivity contribution in [1.29, 1.82) is 0 Å². The number of hydrogen-bond acceptors (Lipinski definition) is 5. The number of fused-ring (bicyclic) bond motifs is 1. The number of piperidine rings is 1. The van der Waals surface area contributed by atoms with Crippen molar-refractivity contribution in [3.05, 3.63) is 22.7 Å². The van der Waals surface area contributed by atoms with Crippen molar-refractivity contribution in [2.45, 2.75) is 25.3 Å². The van der Waals surface area contributed by atoms with Crippen molar-refractivity contribution >= 4 is 28.4 Å². The molecule has 1 aliphatic heterocycles. The molecule has 3 rings (SSSR count). The normalized spacial score (nSPS) is 18.9. The number of amides is 1. The lowest BCUT2D eigenvalue weighted by atomic mass is 10.00. The number of carbonyl (C=O) groups is 1. The Morgan fingerprint density at radius 2 is 2.29 bits per heavy atom. The lowest BCUT2D eigenvalue weighted by molar-refractivity contribution is -0.122. The number of nitrogens with two attached hydrogens (primary N) is 1. The molecule has 4 N–H and O–H groups in total. The minimum atomic E-state index is -0.511. The highest BCUT2D eigenvalue weighted by molar-refractivity contribution is 5.90. The van der Waals surface area contributed by atoms with E-state index in [2.05, 4.69) is 10.3 Å². The van der Waals surface area contributed by atoms with Crippen LogP contribution >= 0.6 is 0 Å². The standard InChI is InChI=1S/C14H18N4O3/c1-16-13(19)10-4-2-3-5-18(10)11-7-9-12(6-8(11)15)21-14(20)17-9/h6-7,10H,2-5,15H2,1H3,(H,16,19)(H,17,20). The summed E-state index contributed by atoms with van der Waals surface area (Å²) in [6, 6.07) is 3.16. The number of aromatic amines is 1. The van der Waals surface area contributed by atoms with E-state index in [1.54, 1.807) is 19.2 Å². The summed E-state index contributed by atoms with van der Waals surface area (Å²) in [6.07, 6.45) is 2.81. The molecule has 1 aromatic carbocycles. The summed E-state index contributed by atoms with van der Waals surface area (Å²) < 4.78 is 5.00. The molecule has 112 valence electrons. The lowest BCUT2D eigenvalue weighted by Crippen LogP contribution is -2.49. The van der Waals surface area contributed by atoms with Gasteiger partial charge < -0.3 is 20.4 Å². The highest BCUT2D eigenvalue weighted by atomic mass is 16.4. The number of likely N-dealkylation sites (N-methyl/N-ethyl adjacent to an activating group) is 1. The van der Waals surface area contributed by atoms with Crippen LogP contribution in [-0.4, -0.2) is 30.5 Å². The highest BCUT2D eigenvalue weighted by Crippen LogP contribution is 2.32. The number of benzene rings is 1. The third-order valence-electron chi connectivity index (χ3n) is 3.93. The number of nitrogens with one attached hydrogen (secondary N) is 2. The summed E-state index contributed by atoms with van der Waals surface area (Å²) in [7, 11) is 1.63. The number of hydrogen-bond donors (Lipinski definition) is 3. The summed E-state index contributed by atoms with van der Waals surface area (Å²) >= 11 is 0. The van der Waals surface area contributed by atoms with Crippen molar-refractivity contribution in [3.8, 4) is 0 Å². The van der Waals surface area contributed by atoms with Crippen molar-refractivity contribution in [2.75, 3.05) is 24.2 Å². The number of aromatic nitrogens is 1. The molecule has 1 aliphatic rings. The first-order valence-corrected chi connectivity index (χ1v) is 7.00. The zero-order chi connectivity index (χ0) is 15.0. The molecule has 0 radical (unpaired) electrons. The van der Waals surface area contributed by atoms with Crippen LogP contribution in [0, 0.1) is 0 Å². The van der Waals surface area contributed by atoms with Crippen LogP contribution in [0.4, 0.5) is 11.4 Å². The number of carbonyl (C=O) groups excluding carboxylic acids is 1. The third-order valence-corrected chi connectivity index (χ3v) is 3.93. The fourth-order valence-electron chi connectivity index (χ4n) is 2.91. The van der Waals surface area contributed by atoms with Crippen LogP contribution in [-0.2, 0) is 4.79 Å². The van der Waals surface area contributed by atoms with Gasteiger partial charge >= 0.3 is 5.76 Å². The Labute approximate surface area is 121 Å². The Balaban J connectivity index is 2.06. The number of rotatable bonds is 2. The quantitative estimate of drug-likeness (QED) is 0.710. The zero-order valence-corrected chi connectivity index (χ0v) is 11.8. The first-order valence-electron chi connectivity index (χ1n) is 7.00. The van der Waals surface area contributed by atoms with Gasteiger partial charge in [-0.15, -0.1) is 0 Å². The van der Waals surface area contributed by atoms with Crippen LogP contribution in [0.25, 0.3) is 11.1 Å². The number of H-pyrrole nitrogens is 1. The fraction of sp³-hybridized carbons (Fsp3) is 0.429. The molecule has 1 amide bonds. The summed E-state index contributed by atoms with van der Waals surface area (Å²) in [6.45, 7) is 0.760. The summed E-state index contributed by atoms with van der Waals surface area (Å²) in [5.74, 6) is -0.530. The molecular formula is C14H18N4O3. The van der Waals surface area contributed by atoms with Crippen molar-refractivity contribution in [1.82, 2.24) is 10.3 Å². The molecular weight excluding hydrogens is 272 g/mol. The second-order valence-corrected chi connectivity index (χ2v) is 5.24. The van der Waals surface area contributed by atoms with Gasteiger partial charge in [0.05, 0.1) is 16.9 Å². The molecule has 1 unspecified atom stereocenters. The first kappa shape index (κ1) is 13.5. The van der Waals surface area contributed by atoms with Gasteiger partial charge in [0, 0.05) is 19.7 Å². The largest absolute Gasteiger partial charge is 0.417 e. The van der Waals surface area contributed by atoms with E-state index in [-0.39, 0.29) is 11.9 Å². The van der Waals surface area contributed by atoms with Gasteiger partial charge in [-0.1, -0.05) is 0 Å². The maximum atomic E-state index is 12.1. The SMILES string of the molecule is CNC(=O)C1CCCCN1c1cc2[nH]c(=O)oc2cc1N. The van der Waals surface area contributed by atoms with Gasteiger partial charge in [-0.25, -0.2) is 4.79 Å². The van der Waals surface area contributed by atoms with E-state index in [0.29, 0.717) is 16.8 Å². The molecule has 0 aliphatic carbocycles. The molecule has 0 saturated carbocycles. The van der Waals surface area contributed by atoms with E-state index >= 15 is 0 Å². The minimum absolute atomic E-state index is 0.0186. The molecule has 2 aromatic rings. The zero-order valence-electron chi connectivity index (χ0n) is 11.8. The topological polar surface area (TPSA) is 104 Å². The molecule has 21 heavy (non-hydrogen) atoms. The van der Waals surface area contributed by atoms with Crippen LogP contribution in [0.3, 0.4) is 0 Å². The third kappa shape index (κ3) is 2.35. The van der Waals surface area contributed by atoms with E-state index < -0.39 is 5.76 Å². The van der Waals surface area contributed by atoms with Crippen molar-refractivity contribution < 1.29 is 9.21 Å². The maximum absolute atomic E-state index is 12.1. The summed E-state index contributed by atoms with van der Waals surface area (Å²) in [5.41, 5.74) is 8.35. The van der Waals surface area contributed by atoms with E-state index in [1.165, 1.54) is 0 Å². The van der Waals surface area contributed by atoms with Gasteiger partial charge in [0.25, 0.3) is 0 Å². The smallest absolute Gasteiger partial charge is 0.408 e. The number of oxazole rings is 1. The predicted molar refractivity (Wildman–Crippen MR) is 80.3 cm³/mol. The average Bonchev–Trinajstić information content (AvgIpc) is 2.84. The van der Waals surface area contributed by atoms with Crippen molar-refractivity contribution in [3.63, 3.8) is 0 Å².